The second-order valence-corrected chi connectivity index (χ2v) is 9.00. The van der Waals surface area contributed by atoms with E-state index in [1.807, 2.05) is 25.1 Å². The first-order valence-electron chi connectivity index (χ1n) is 8.47. The highest BCUT2D eigenvalue weighted by atomic mass is 35.5. The van der Waals surface area contributed by atoms with Gasteiger partial charge < -0.3 is 5.32 Å². The molecule has 2 aromatic rings. The molecular weight excluding hydrogens is 386 g/mol. The van der Waals surface area contributed by atoms with Gasteiger partial charge in [0.2, 0.25) is 15.9 Å². The highest BCUT2D eigenvalue weighted by molar-refractivity contribution is 7.89. The lowest BCUT2D eigenvalue weighted by molar-refractivity contribution is -0.117. The van der Waals surface area contributed by atoms with Gasteiger partial charge in [-0.05, 0) is 43.7 Å². The quantitative estimate of drug-likeness (QED) is 0.735. The van der Waals surface area contributed by atoms with Crippen LogP contribution >= 0.6 is 11.6 Å². The summed E-state index contributed by atoms with van der Waals surface area (Å²) in [6.45, 7) is 3.67. The lowest BCUT2D eigenvalue weighted by atomic mass is 10.1. The maximum Gasteiger partial charge on any atom is 0.242 e. The molecule has 1 amide bonds. The molecule has 146 valence electrons. The summed E-state index contributed by atoms with van der Waals surface area (Å²) in [5.41, 5.74) is 1.32. The molecule has 2 rings (SSSR count). The van der Waals surface area contributed by atoms with E-state index >= 15 is 0 Å². The summed E-state index contributed by atoms with van der Waals surface area (Å²) in [6, 6.07) is 13.0. The van der Waals surface area contributed by atoms with Crippen LogP contribution in [0.15, 0.2) is 53.4 Å². The number of sulfonamides is 1. The number of nitrogens with one attached hydrogen (secondary N) is 2. The fraction of sp³-hybridized carbons (Fsp3) is 0.316. The van der Waals surface area contributed by atoms with Crippen molar-refractivity contribution in [2.45, 2.75) is 30.8 Å². The first kappa shape index (κ1) is 21.4. The van der Waals surface area contributed by atoms with Crippen molar-refractivity contribution in [2.24, 2.45) is 0 Å². The number of hydrogen-bond donors (Lipinski definition) is 2. The summed E-state index contributed by atoms with van der Waals surface area (Å²) >= 11 is 6.20. The summed E-state index contributed by atoms with van der Waals surface area (Å²) in [5.74, 6) is -0.270. The Labute approximate surface area is 165 Å². The van der Waals surface area contributed by atoms with E-state index in [-0.39, 0.29) is 16.8 Å². The standard InChI is InChI=1S/C19H24ClN3O3S/c1-13(17-10-5-6-11-18(17)20)21-14(2)19(24)22-15-8-7-9-16(12-15)27(25,26)23(3)4/h5-14,21H,1-4H3,(H,22,24)/t13-,14-/m1/s1. The molecule has 0 saturated carbocycles. The zero-order chi connectivity index (χ0) is 20.2. The van der Waals surface area contributed by atoms with Crippen LogP contribution in [0.2, 0.25) is 5.02 Å². The van der Waals surface area contributed by atoms with E-state index in [0.29, 0.717) is 10.7 Å². The van der Waals surface area contributed by atoms with Crippen LogP contribution < -0.4 is 10.6 Å². The van der Waals surface area contributed by atoms with Crippen LogP contribution in [0.25, 0.3) is 0 Å². The number of amides is 1. The molecule has 0 heterocycles. The van der Waals surface area contributed by atoms with Crippen LogP contribution in [0, 0.1) is 0 Å². The minimum Gasteiger partial charge on any atom is -0.325 e. The SMILES string of the molecule is C[C@@H](N[C@H](C)c1ccccc1Cl)C(=O)Nc1cccc(S(=O)(=O)N(C)C)c1. The van der Waals surface area contributed by atoms with E-state index < -0.39 is 16.1 Å². The Hall–Kier alpha value is -1.93. The van der Waals surface area contributed by atoms with Crippen molar-refractivity contribution in [3.63, 3.8) is 0 Å². The van der Waals surface area contributed by atoms with Gasteiger partial charge >= 0.3 is 0 Å². The van der Waals surface area contributed by atoms with Crippen molar-refractivity contribution in [3.8, 4) is 0 Å². The fourth-order valence-corrected chi connectivity index (χ4v) is 3.81. The molecule has 0 aromatic heterocycles. The molecule has 0 unspecified atom stereocenters. The number of carbonyl (C=O) groups excluding carboxylic acids is 1. The van der Waals surface area contributed by atoms with Gasteiger partial charge in [0.1, 0.15) is 0 Å². The van der Waals surface area contributed by atoms with Gasteiger partial charge in [0, 0.05) is 30.8 Å². The van der Waals surface area contributed by atoms with Crippen molar-refractivity contribution in [3.05, 3.63) is 59.1 Å². The topological polar surface area (TPSA) is 78.5 Å². The van der Waals surface area contributed by atoms with Gasteiger partial charge in [-0.1, -0.05) is 35.9 Å². The van der Waals surface area contributed by atoms with Crippen LogP contribution in [0.3, 0.4) is 0 Å². The number of anilines is 1. The maximum absolute atomic E-state index is 12.5. The summed E-state index contributed by atoms with van der Waals surface area (Å²) in [4.78, 5) is 12.6. The predicted molar refractivity (Wildman–Crippen MR) is 108 cm³/mol. The molecule has 2 atom stereocenters. The normalized spacial score (nSPS) is 14.0. The lowest BCUT2D eigenvalue weighted by Crippen LogP contribution is -2.39. The first-order valence-corrected chi connectivity index (χ1v) is 10.3. The van der Waals surface area contributed by atoms with Crippen LogP contribution in [-0.2, 0) is 14.8 Å². The molecule has 0 spiro atoms. The van der Waals surface area contributed by atoms with Gasteiger partial charge in [0.15, 0.2) is 0 Å². The van der Waals surface area contributed by atoms with E-state index in [0.717, 1.165) is 9.87 Å². The Bertz CT molecular complexity index is 916. The molecule has 0 saturated heterocycles. The molecule has 2 N–H and O–H groups in total. The average molecular weight is 410 g/mol. The Morgan fingerprint density at radius 2 is 1.74 bits per heavy atom. The average Bonchev–Trinajstić information content (AvgIpc) is 2.62. The molecule has 0 aliphatic carbocycles. The van der Waals surface area contributed by atoms with Crippen molar-refractivity contribution >= 4 is 33.2 Å². The molecule has 27 heavy (non-hydrogen) atoms. The van der Waals surface area contributed by atoms with E-state index in [1.165, 1.54) is 26.2 Å². The van der Waals surface area contributed by atoms with E-state index in [2.05, 4.69) is 10.6 Å². The van der Waals surface area contributed by atoms with E-state index in [1.54, 1.807) is 25.1 Å². The molecule has 0 radical (unpaired) electrons. The second kappa shape index (κ2) is 8.84. The van der Waals surface area contributed by atoms with Crippen LogP contribution in [-0.4, -0.2) is 38.8 Å². The molecule has 2 aromatic carbocycles. The molecule has 0 bridgehead atoms. The minimum atomic E-state index is -3.56. The number of hydrogen-bond acceptors (Lipinski definition) is 4. The Kier molecular flexibility index (Phi) is 7.00. The van der Waals surface area contributed by atoms with Gasteiger partial charge in [0.05, 0.1) is 10.9 Å². The highest BCUT2D eigenvalue weighted by Crippen LogP contribution is 2.23. The van der Waals surface area contributed by atoms with E-state index in [4.69, 9.17) is 11.6 Å². The van der Waals surface area contributed by atoms with E-state index in [9.17, 15) is 13.2 Å². The van der Waals surface area contributed by atoms with Gasteiger partial charge in [-0.3, -0.25) is 10.1 Å². The molecule has 0 aliphatic rings. The summed E-state index contributed by atoms with van der Waals surface area (Å²) in [7, 11) is -0.641. The summed E-state index contributed by atoms with van der Waals surface area (Å²) < 4.78 is 25.6. The Morgan fingerprint density at radius 3 is 2.37 bits per heavy atom. The Balaban J connectivity index is 2.08. The first-order chi connectivity index (χ1) is 12.6. The predicted octanol–water partition coefficient (Wildman–Crippen LogP) is 3.27. The third-order valence-corrected chi connectivity index (χ3v) is 6.30. The lowest BCUT2D eigenvalue weighted by Gasteiger charge is -2.21. The van der Waals surface area contributed by atoms with Crippen molar-refractivity contribution in [2.75, 3.05) is 19.4 Å². The zero-order valence-electron chi connectivity index (χ0n) is 15.7. The molecule has 0 fully saturated rings. The summed E-state index contributed by atoms with van der Waals surface area (Å²) in [6.07, 6.45) is 0. The maximum atomic E-state index is 12.5. The number of benzene rings is 2. The van der Waals surface area contributed by atoms with Gasteiger partial charge in [-0.25, -0.2) is 12.7 Å². The van der Waals surface area contributed by atoms with Gasteiger partial charge in [-0.2, -0.15) is 0 Å². The van der Waals surface area contributed by atoms with Gasteiger partial charge in [-0.15, -0.1) is 0 Å². The van der Waals surface area contributed by atoms with Crippen LogP contribution in [0.1, 0.15) is 25.5 Å². The number of carbonyl (C=O) groups is 1. The third-order valence-electron chi connectivity index (χ3n) is 4.15. The van der Waals surface area contributed by atoms with Crippen LogP contribution in [0.5, 0.6) is 0 Å². The summed E-state index contributed by atoms with van der Waals surface area (Å²) in [5, 5.41) is 6.58. The minimum absolute atomic E-state index is 0.121. The number of rotatable bonds is 7. The van der Waals surface area contributed by atoms with Crippen LogP contribution in [0.4, 0.5) is 5.69 Å². The highest BCUT2D eigenvalue weighted by Gasteiger charge is 2.20. The zero-order valence-corrected chi connectivity index (χ0v) is 17.3. The van der Waals surface area contributed by atoms with Gasteiger partial charge in [0.25, 0.3) is 0 Å². The third kappa shape index (κ3) is 5.29. The smallest absolute Gasteiger partial charge is 0.242 e. The largest absolute Gasteiger partial charge is 0.325 e. The number of nitrogens with zero attached hydrogens (tertiary/aromatic N) is 1. The monoisotopic (exact) mass is 409 g/mol. The molecule has 0 aliphatic heterocycles. The van der Waals surface area contributed by atoms with Crippen molar-refractivity contribution < 1.29 is 13.2 Å². The fourth-order valence-electron chi connectivity index (χ4n) is 2.56. The molecular formula is C19H24ClN3O3S. The van der Waals surface area contributed by atoms with Crippen molar-refractivity contribution in [1.29, 1.82) is 0 Å². The molecule has 6 nitrogen and oxygen atoms in total. The van der Waals surface area contributed by atoms with Crippen molar-refractivity contribution in [1.82, 2.24) is 9.62 Å². The Morgan fingerprint density at radius 1 is 1.07 bits per heavy atom. The molecule has 8 heteroatoms. The second-order valence-electron chi connectivity index (χ2n) is 6.44. The number of halogens is 1.